The van der Waals surface area contributed by atoms with Crippen LogP contribution in [0.3, 0.4) is 0 Å². The Kier molecular flexibility index (Phi) is 4.40. The maximum Gasteiger partial charge on any atom is 0.293 e. The first-order chi connectivity index (χ1) is 11.5. The maximum absolute atomic E-state index is 12.3. The Morgan fingerprint density at radius 3 is 2.54 bits per heavy atom. The van der Waals surface area contributed by atoms with Crippen LogP contribution in [0, 0.1) is 0 Å². The third-order valence-electron chi connectivity index (χ3n) is 3.81. The van der Waals surface area contributed by atoms with Crippen LogP contribution in [0.1, 0.15) is 17.2 Å². The van der Waals surface area contributed by atoms with Crippen LogP contribution in [0.2, 0.25) is 0 Å². The second-order valence-electron chi connectivity index (χ2n) is 5.28. The second-order valence-corrected chi connectivity index (χ2v) is 6.20. The molecule has 5 nitrogen and oxygen atoms in total. The number of ketones is 1. The Balaban J connectivity index is 2.11. The van der Waals surface area contributed by atoms with E-state index in [1.807, 2.05) is 0 Å². The molecular weight excluding hydrogens is 374 g/mol. The average Bonchev–Trinajstić information content (AvgIpc) is 2.90. The van der Waals surface area contributed by atoms with Crippen molar-refractivity contribution in [2.75, 3.05) is 7.11 Å². The molecule has 2 N–H and O–H groups in total. The van der Waals surface area contributed by atoms with Crippen molar-refractivity contribution in [2.24, 2.45) is 0 Å². The summed E-state index contributed by atoms with van der Waals surface area (Å²) in [6.07, 6.45) is 0. The fourth-order valence-corrected chi connectivity index (χ4v) is 2.87. The van der Waals surface area contributed by atoms with Gasteiger partial charge in [0.2, 0.25) is 0 Å². The predicted molar refractivity (Wildman–Crippen MR) is 92.6 cm³/mol. The van der Waals surface area contributed by atoms with Gasteiger partial charge in [0.1, 0.15) is 11.5 Å². The van der Waals surface area contributed by atoms with Gasteiger partial charge in [0.05, 0.1) is 18.7 Å². The summed E-state index contributed by atoms with van der Waals surface area (Å²) < 4.78 is 6.03. The predicted octanol–water partition coefficient (Wildman–Crippen LogP) is 3.17. The fourth-order valence-electron chi connectivity index (χ4n) is 2.60. The largest absolute Gasteiger partial charge is 0.507 e. The lowest BCUT2D eigenvalue weighted by atomic mass is 9.96. The molecule has 1 amide bonds. The van der Waals surface area contributed by atoms with E-state index in [1.165, 1.54) is 7.11 Å². The number of amides is 1. The van der Waals surface area contributed by atoms with Gasteiger partial charge in [-0.1, -0.05) is 40.2 Å². The first-order valence-corrected chi connectivity index (χ1v) is 7.98. The zero-order valence-corrected chi connectivity index (χ0v) is 14.3. The Morgan fingerprint density at radius 1 is 1.17 bits per heavy atom. The molecule has 0 aromatic heterocycles. The van der Waals surface area contributed by atoms with Crippen molar-refractivity contribution < 1.29 is 19.4 Å². The molecule has 2 aromatic carbocycles. The summed E-state index contributed by atoms with van der Waals surface area (Å²) in [4.78, 5) is 24.1. The van der Waals surface area contributed by atoms with Gasteiger partial charge in [-0.2, -0.15) is 0 Å². The molecule has 24 heavy (non-hydrogen) atoms. The highest BCUT2D eigenvalue weighted by atomic mass is 79.9. The molecule has 2 aromatic rings. The Labute approximate surface area is 147 Å². The Morgan fingerprint density at radius 2 is 1.88 bits per heavy atom. The molecule has 1 atom stereocenters. The van der Waals surface area contributed by atoms with Crippen LogP contribution in [0.15, 0.2) is 58.6 Å². The third-order valence-corrected chi connectivity index (χ3v) is 4.34. The smallest absolute Gasteiger partial charge is 0.293 e. The number of hydrogen-bond acceptors (Lipinski definition) is 4. The molecular formula is C18H14BrNO4. The summed E-state index contributed by atoms with van der Waals surface area (Å²) in [5.74, 6) is -1.08. The zero-order chi connectivity index (χ0) is 17.3. The van der Waals surface area contributed by atoms with Crippen LogP contribution in [0.4, 0.5) is 0 Å². The van der Waals surface area contributed by atoms with E-state index >= 15 is 0 Å². The van der Waals surface area contributed by atoms with Crippen LogP contribution in [-0.4, -0.2) is 23.9 Å². The number of aliphatic hydroxyl groups is 1. The molecule has 122 valence electrons. The number of hydrogen-bond donors (Lipinski definition) is 2. The number of halogens is 1. The first-order valence-electron chi connectivity index (χ1n) is 7.19. The summed E-state index contributed by atoms with van der Waals surface area (Å²) in [6.45, 7) is 0. The van der Waals surface area contributed by atoms with Gasteiger partial charge >= 0.3 is 0 Å². The minimum absolute atomic E-state index is 0.0376. The van der Waals surface area contributed by atoms with Crippen LogP contribution in [0.5, 0.6) is 5.75 Å². The molecule has 1 aliphatic heterocycles. The summed E-state index contributed by atoms with van der Waals surface area (Å²) >= 11 is 3.32. The second kappa shape index (κ2) is 6.49. The summed E-state index contributed by atoms with van der Waals surface area (Å²) in [5.41, 5.74) is 1.16. The van der Waals surface area contributed by atoms with Crippen molar-refractivity contribution >= 4 is 33.4 Å². The average molecular weight is 388 g/mol. The lowest BCUT2D eigenvalue weighted by molar-refractivity contribution is -0.133. The van der Waals surface area contributed by atoms with Crippen molar-refractivity contribution in [3.05, 3.63) is 69.7 Å². The van der Waals surface area contributed by atoms with E-state index in [0.717, 1.165) is 4.47 Å². The fraction of sp³-hybridized carbons (Fsp3) is 0.111. The molecule has 0 bridgehead atoms. The molecule has 1 fully saturated rings. The maximum atomic E-state index is 12.3. The number of methoxy groups -OCH3 is 1. The zero-order valence-electron chi connectivity index (χ0n) is 12.7. The number of rotatable bonds is 3. The number of Topliss-reactive ketones (excluding diaryl/α,β-unsaturated/α-hetero) is 1. The highest BCUT2D eigenvalue weighted by molar-refractivity contribution is 9.10. The van der Waals surface area contributed by atoms with Crippen molar-refractivity contribution in [3.63, 3.8) is 0 Å². The van der Waals surface area contributed by atoms with Crippen molar-refractivity contribution in [3.8, 4) is 5.75 Å². The van der Waals surface area contributed by atoms with E-state index in [-0.39, 0.29) is 11.3 Å². The van der Waals surface area contributed by atoms with Gasteiger partial charge in [0, 0.05) is 10.0 Å². The van der Waals surface area contributed by atoms with Crippen molar-refractivity contribution in [2.45, 2.75) is 6.04 Å². The van der Waals surface area contributed by atoms with Gasteiger partial charge in [-0.3, -0.25) is 9.59 Å². The lowest BCUT2D eigenvalue weighted by Crippen LogP contribution is -2.21. The van der Waals surface area contributed by atoms with Gasteiger partial charge in [0.15, 0.2) is 0 Å². The van der Waals surface area contributed by atoms with Crippen LogP contribution in [-0.2, 0) is 9.59 Å². The van der Waals surface area contributed by atoms with Gasteiger partial charge in [-0.25, -0.2) is 0 Å². The Bertz CT molecular complexity index is 842. The van der Waals surface area contributed by atoms with Crippen LogP contribution < -0.4 is 10.1 Å². The standard InChI is InChI=1S/C18H14BrNO4/c1-24-13-4-2-3-11(9-13)15-14(17(22)18(23)20-15)16(21)10-5-7-12(19)8-6-10/h2-9,15,21H,1H3,(H,20,23). The summed E-state index contributed by atoms with van der Waals surface area (Å²) in [6, 6.07) is 13.1. The summed E-state index contributed by atoms with van der Waals surface area (Å²) in [5, 5.41) is 13.2. The van der Waals surface area contributed by atoms with Gasteiger partial charge < -0.3 is 15.2 Å². The quantitative estimate of drug-likeness (QED) is 0.481. The molecule has 6 heteroatoms. The molecule has 1 aliphatic rings. The summed E-state index contributed by atoms with van der Waals surface area (Å²) in [7, 11) is 1.54. The monoisotopic (exact) mass is 387 g/mol. The van der Waals surface area contributed by atoms with Crippen molar-refractivity contribution in [1.82, 2.24) is 5.32 Å². The number of carbonyl (C=O) groups excluding carboxylic acids is 2. The van der Waals surface area contributed by atoms with E-state index < -0.39 is 17.7 Å². The molecule has 1 heterocycles. The molecule has 0 aliphatic carbocycles. The van der Waals surface area contributed by atoms with Crippen LogP contribution >= 0.6 is 15.9 Å². The molecule has 1 unspecified atom stereocenters. The van der Waals surface area contributed by atoms with Gasteiger partial charge in [-0.05, 0) is 29.8 Å². The van der Waals surface area contributed by atoms with E-state index in [1.54, 1.807) is 48.5 Å². The van der Waals surface area contributed by atoms with E-state index in [2.05, 4.69) is 21.2 Å². The highest BCUT2D eigenvalue weighted by Crippen LogP contribution is 2.34. The number of nitrogens with one attached hydrogen (secondary N) is 1. The number of ether oxygens (including phenoxy) is 1. The molecule has 0 saturated carbocycles. The normalized spacial score (nSPS) is 19.2. The first kappa shape index (κ1) is 16.3. The molecule has 3 rings (SSSR count). The van der Waals surface area contributed by atoms with Gasteiger partial charge in [0.25, 0.3) is 11.7 Å². The minimum atomic E-state index is -0.735. The highest BCUT2D eigenvalue weighted by Gasteiger charge is 2.39. The number of aliphatic hydroxyl groups excluding tert-OH is 1. The van der Waals surface area contributed by atoms with E-state index in [0.29, 0.717) is 16.9 Å². The van der Waals surface area contributed by atoms with Crippen molar-refractivity contribution in [1.29, 1.82) is 0 Å². The molecule has 1 saturated heterocycles. The van der Waals surface area contributed by atoms with Crippen LogP contribution in [0.25, 0.3) is 5.76 Å². The topological polar surface area (TPSA) is 75.6 Å². The lowest BCUT2D eigenvalue weighted by Gasteiger charge is -2.14. The molecule has 0 spiro atoms. The number of benzene rings is 2. The van der Waals surface area contributed by atoms with E-state index in [4.69, 9.17) is 4.74 Å². The SMILES string of the molecule is COc1cccc(C2NC(=O)C(=O)C2=C(O)c2ccc(Br)cc2)c1. The number of carbonyl (C=O) groups is 2. The van der Waals surface area contributed by atoms with Gasteiger partial charge in [-0.15, -0.1) is 0 Å². The minimum Gasteiger partial charge on any atom is -0.507 e. The van der Waals surface area contributed by atoms with E-state index in [9.17, 15) is 14.7 Å². The Hall–Kier alpha value is -2.60. The third kappa shape index (κ3) is 2.92. The molecule has 0 radical (unpaired) electrons.